The van der Waals surface area contributed by atoms with Crippen LogP contribution in [0, 0.1) is 0 Å². The topological polar surface area (TPSA) is 33.2 Å². The van der Waals surface area contributed by atoms with Gasteiger partial charge in [0.25, 0.3) is 5.91 Å². The molecule has 1 aromatic heterocycles. The second-order valence-corrected chi connectivity index (χ2v) is 4.83. The first-order valence-electron chi connectivity index (χ1n) is 6.00. The predicted octanol–water partition coefficient (Wildman–Crippen LogP) is 3.36. The summed E-state index contributed by atoms with van der Waals surface area (Å²) in [4.78, 5) is 17.1. The zero-order valence-electron chi connectivity index (χ0n) is 11.3. The summed E-state index contributed by atoms with van der Waals surface area (Å²) in [6, 6.07) is 1.92. The number of halogens is 3. The first-order valence-corrected chi connectivity index (χ1v) is 6.00. The molecule has 1 rings (SSSR count). The van der Waals surface area contributed by atoms with Gasteiger partial charge in [-0.15, -0.1) is 0 Å². The van der Waals surface area contributed by atoms with E-state index in [4.69, 9.17) is 0 Å². The lowest BCUT2D eigenvalue weighted by molar-refractivity contribution is -0.141. The number of hydrogen-bond donors (Lipinski definition) is 0. The van der Waals surface area contributed by atoms with E-state index < -0.39 is 11.9 Å². The summed E-state index contributed by atoms with van der Waals surface area (Å²) in [5.74, 6) is -0.314. The lowest BCUT2D eigenvalue weighted by Gasteiger charge is -2.30. The number of rotatable bonds is 3. The van der Waals surface area contributed by atoms with Gasteiger partial charge in [0.05, 0.1) is 5.56 Å². The molecule has 1 amide bonds. The lowest BCUT2D eigenvalue weighted by atomic mass is 10.1. The summed E-state index contributed by atoms with van der Waals surface area (Å²) in [5, 5.41) is 0. The fourth-order valence-corrected chi connectivity index (χ4v) is 1.90. The number of aromatic nitrogens is 1. The van der Waals surface area contributed by atoms with E-state index in [0.29, 0.717) is 0 Å². The zero-order chi connectivity index (χ0) is 14.8. The van der Waals surface area contributed by atoms with Crippen molar-refractivity contribution in [2.45, 2.75) is 46.0 Å². The van der Waals surface area contributed by atoms with E-state index in [9.17, 15) is 18.0 Å². The van der Waals surface area contributed by atoms with Crippen LogP contribution >= 0.6 is 0 Å². The van der Waals surface area contributed by atoms with Crippen molar-refractivity contribution in [1.82, 2.24) is 9.88 Å². The molecule has 0 unspecified atom stereocenters. The molecule has 0 aromatic carbocycles. The standard InChI is InChI=1S/C13H17F3N2O/c1-8(2)18(9(3)4)12(19)10-5-6-11(17-7-10)13(14,15)16/h5-9H,1-4H3. The second kappa shape index (κ2) is 5.59. The van der Waals surface area contributed by atoms with E-state index in [0.717, 1.165) is 18.3 Å². The van der Waals surface area contributed by atoms with E-state index in [1.54, 1.807) is 4.90 Å². The molecule has 6 heteroatoms. The Morgan fingerprint density at radius 1 is 1.16 bits per heavy atom. The molecule has 0 N–H and O–H groups in total. The Morgan fingerprint density at radius 3 is 2.00 bits per heavy atom. The average molecular weight is 274 g/mol. The van der Waals surface area contributed by atoms with Crippen LogP contribution in [0.5, 0.6) is 0 Å². The third kappa shape index (κ3) is 3.68. The molecular formula is C13H17F3N2O. The van der Waals surface area contributed by atoms with Gasteiger partial charge in [-0.05, 0) is 39.8 Å². The van der Waals surface area contributed by atoms with Crippen LogP contribution in [0.1, 0.15) is 43.7 Å². The summed E-state index contributed by atoms with van der Waals surface area (Å²) in [5.41, 5.74) is -0.833. The minimum absolute atomic E-state index is 0.0326. The number of hydrogen-bond acceptors (Lipinski definition) is 2. The van der Waals surface area contributed by atoms with Gasteiger partial charge in [-0.1, -0.05) is 0 Å². The maximum Gasteiger partial charge on any atom is 0.433 e. The zero-order valence-corrected chi connectivity index (χ0v) is 11.3. The normalized spacial score (nSPS) is 12.1. The van der Waals surface area contributed by atoms with E-state index in [2.05, 4.69) is 4.98 Å². The number of alkyl halides is 3. The first-order chi connectivity index (χ1) is 8.64. The molecule has 0 atom stereocenters. The molecule has 3 nitrogen and oxygen atoms in total. The van der Waals surface area contributed by atoms with Gasteiger partial charge < -0.3 is 4.90 Å². The van der Waals surface area contributed by atoms with Gasteiger partial charge in [-0.2, -0.15) is 13.2 Å². The van der Waals surface area contributed by atoms with Crippen LogP contribution in [0.3, 0.4) is 0 Å². The van der Waals surface area contributed by atoms with Gasteiger partial charge in [-0.25, -0.2) is 0 Å². The van der Waals surface area contributed by atoms with Crippen LogP contribution in [0.2, 0.25) is 0 Å². The van der Waals surface area contributed by atoms with Crippen LogP contribution in [0.4, 0.5) is 13.2 Å². The maximum absolute atomic E-state index is 12.4. The Bertz CT molecular complexity index is 430. The molecular weight excluding hydrogens is 257 g/mol. The molecule has 0 saturated heterocycles. The van der Waals surface area contributed by atoms with Crippen LogP contribution < -0.4 is 0 Å². The highest BCUT2D eigenvalue weighted by molar-refractivity contribution is 5.94. The number of carbonyl (C=O) groups is 1. The highest BCUT2D eigenvalue weighted by Gasteiger charge is 2.32. The highest BCUT2D eigenvalue weighted by atomic mass is 19.4. The van der Waals surface area contributed by atoms with Crippen molar-refractivity contribution in [1.29, 1.82) is 0 Å². The van der Waals surface area contributed by atoms with Crippen molar-refractivity contribution in [3.8, 4) is 0 Å². The van der Waals surface area contributed by atoms with E-state index >= 15 is 0 Å². The van der Waals surface area contributed by atoms with Gasteiger partial charge in [0, 0.05) is 18.3 Å². The third-order valence-corrected chi connectivity index (χ3v) is 2.65. The van der Waals surface area contributed by atoms with Gasteiger partial charge in [0.2, 0.25) is 0 Å². The minimum atomic E-state index is -4.49. The van der Waals surface area contributed by atoms with Gasteiger partial charge in [0.1, 0.15) is 5.69 Å². The minimum Gasteiger partial charge on any atom is -0.334 e. The second-order valence-electron chi connectivity index (χ2n) is 4.83. The number of carbonyl (C=O) groups excluding carboxylic acids is 1. The largest absolute Gasteiger partial charge is 0.433 e. The van der Waals surface area contributed by atoms with Crippen LogP contribution in [-0.4, -0.2) is 27.9 Å². The van der Waals surface area contributed by atoms with E-state index in [1.807, 2.05) is 27.7 Å². The fraction of sp³-hybridized carbons (Fsp3) is 0.538. The van der Waals surface area contributed by atoms with Crippen molar-refractivity contribution in [2.24, 2.45) is 0 Å². The quantitative estimate of drug-likeness (QED) is 0.846. The maximum atomic E-state index is 12.4. The Morgan fingerprint density at radius 2 is 1.68 bits per heavy atom. The monoisotopic (exact) mass is 274 g/mol. The summed E-state index contributed by atoms with van der Waals surface area (Å²) in [6.07, 6.45) is -3.51. The number of pyridine rings is 1. The van der Waals surface area contributed by atoms with Crippen molar-refractivity contribution in [2.75, 3.05) is 0 Å². The van der Waals surface area contributed by atoms with E-state index in [1.165, 1.54) is 0 Å². The SMILES string of the molecule is CC(C)N(C(=O)c1ccc(C(F)(F)F)nc1)C(C)C. The third-order valence-electron chi connectivity index (χ3n) is 2.65. The molecule has 106 valence electrons. The Labute approximate surface area is 110 Å². The molecule has 0 aliphatic carbocycles. The van der Waals surface area contributed by atoms with Crippen molar-refractivity contribution in [3.05, 3.63) is 29.6 Å². The summed E-state index contributed by atoms with van der Waals surface area (Å²) in [6.45, 7) is 7.43. The fourth-order valence-electron chi connectivity index (χ4n) is 1.90. The number of nitrogens with zero attached hydrogens (tertiary/aromatic N) is 2. The molecule has 0 spiro atoms. The van der Waals surface area contributed by atoms with Crippen molar-refractivity contribution < 1.29 is 18.0 Å². The smallest absolute Gasteiger partial charge is 0.334 e. The molecule has 0 saturated carbocycles. The molecule has 0 bridgehead atoms. The van der Waals surface area contributed by atoms with E-state index in [-0.39, 0.29) is 23.6 Å². The molecule has 1 aromatic rings. The average Bonchev–Trinajstić information content (AvgIpc) is 2.27. The highest BCUT2D eigenvalue weighted by Crippen LogP contribution is 2.27. The molecule has 0 aliphatic heterocycles. The molecule has 1 heterocycles. The van der Waals surface area contributed by atoms with Gasteiger partial charge >= 0.3 is 6.18 Å². The van der Waals surface area contributed by atoms with Crippen LogP contribution in [-0.2, 0) is 6.18 Å². The number of amides is 1. The van der Waals surface area contributed by atoms with Crippen molar-refractivity contribution >= 4 is 5.91 Å². The predicted molar refractivity (Wildman–Crippen MR) is 65.7 cm³/mol. The molecule has 0 radical (unpaired) electrons. The Balaban J connectivity index is 3.01. The molecule has 19 heavy (non-hydrogen) atoms. The Kier molecular flexibility index (Phi) is 4.55. The summed E-state index contributed by atoms with van der Waals surface area (Å²) < 4.78 is 37.1. The molecule has 0 aliphatic rings. The Hall–Kier alpha value is -1.59. The van der Waals surface area contributed by atoms with Gasteiger partial charge in [0.15, 0.2) is 0 Å². The first kappa shape index (κ1) is 15.5. The summed E-state index contributed by atoms with van der Waals surface area (Å²) in [7, 11) is 0. The van der Waals surface area contributed by atoms with Crippen LogP contribution in [0.25, 0.3) is 0 Å². The summed E-state index contributed by atoms with van der Waals surface area (Å²) >= 11 is 0. The molecule has 0 fully saturated rings. The van der Waals surface area contributed by atoms with Crippen LogP contribution in [0.15, 0.2) is 18.3 Å². The van der Waals surface area contributed by atoms with Crippen molar-refractivity contribution in [3.63, 3.8) is 0 Å². The van der Waals surface area contributed by atoms with Gasteiger partial charge in [-0.3, -0.25) is 9.78 Å². The lowest BCUT2D eigenvalue weighted by Crippen LogP contribution is -2.42.